The van der Waals surface area contributed by atoms with Crippen LogP contribution in [0.4, 0.5) is 5.69 Å². The van der Waals surface area contributed by atoms with Gasteiger partial charge in [-0.1, -0.05) is 36.4 Å². The Morgan fingerprint density at radius 3 is 2.30 bits per heavy atom. The van der Waals surface area contributed by atoms with E-state index in [9.17, 15) is 0 Å². The summed E-state index contributed by atoms with van der Waals surface area (Å²) in [5.74, 6) is 0. The molecule has 3 aromatic rings. The Hall–Kier alpha value is -1.59. The zero-order valence-corrected chi connectivity index (χ0v) is 17.8. The second kappa shape index (κ2) is 11.3. The predicted octanol–water partition coefficient (Wildman–Crippen LogP) is 4.95. The van der Waals surface area contributed by atoms with Crippen LogP contribution in [0.1, 0.15) is 5.56 Å². The lowest BCUT2D eigenvalue weighted by molar-refractivity contribution is 0.261. The number of nitrogens with zero attached hydrogens (tertiary/aromatic N) is 2. The molecule has 27 heavy (non-hydrogen) atoms. The van der Waals surface area contributed by atoms with Crippen LogP contribution in [0.15, 0.2) is 60.0 Å². The number of ether oxygens (including phenoxy) is 1. The normalized spacial score (nSPS) is 14.4. The van der Waals surface area contributed by atoms with Crippen molar-refractivity contribution in [1.82, 2.24) is 4.90 Å². The van der Waals surface area contributed by atoms with Gasteiger partial charge in [0.1, 0.15) is 0 Å². The highest BCUT2D eigenvalue weighted by Crippen LogP contribution is 2.31. The molecule has 2 heterocycles. The maximum Gasteiger partial charge on any atom is 0.0455 e. The second-order valence-corrected chi connectivity index (χ2v) is 7.53. The number of benzene rings is 2. The number of hydrogen-bond donors (Lipinski definition) is 0. The molecule has 0 saturated carbocycles. The topological polar surface area (TPSA) is 15.7 Å². The molecule has 5 heteroatoms. The van der Waals surface area contributed by atoms with Gasteiger partial charge in [-0.05, 0) is 35.6 Å². The summed E-state index contributed by atoms with van der Waals surface area (Å²) >= 11 is 1.83. The van der Waals surface area contributed by atoms with Gasteiger partial charge in [-0.2, -0.15) is 0 Å². The van der Waals surface area contributed by atoms with Crippen molar-refractivity contribution in [2.75, 3.05) is 51.8 Å². The lowest BCUT2D eigenvalue weighted by Crippen LogP contribution is -2.47. The fourth-order valence-corrected chi connectivity index (χ4v) is 4.21. The summed E-state index contributed by atoms with van der Waals surface area (Å²) in [6, 6.07) is 19.8. The van der Waals surface area contributed by atoms with E-state index in [0.29, 0.717) is 0 Å². The van der Waals surface area contributed by atoms with Gasteiger partial charge in [0.25, 0.3) is 0 Å². The summed E-state index contributed by atoms with van der Waals surface area (Å²) in [7, 11) is 3.25. The van der Waals surface area contributed by atoms with Gasteiger partial charge in [-0.25, -0.2) is 0 Å². The van der Waals surface area contributed by atoms with Crippen molar-refractivity contribution in [2.45, 2.75) is 6.42 Å². The molecule has 3 nitrogen and oxygen atoms in total. The smallest absolute Gasteiger partial charge is 0.0455 e. The van der Waals surface area contributed by atoms with Crippen molar-refractivity contribution < 1.29 is 4.74 Å². The van der Waals surface area contributed by atoms with Gasteiger partial charge in [0, 0.05) is 62.7 Å². The number of piperazine rings is 1. The minimum Gasteiger partial charge on any atom is -0.388 e. The second-order valence-electron chi connectivity index (χ2n) is 6.58. The van der Waals surface area contributed by atoms with Crippen LogP contribution in [0.25, 0.3) is 10.1 Å². The highest BCUT2D eigenvalue weighted by molar-refractivity contribution is 7.17. The number of hydrogen-bond acceptors (Lipinski definition) is 4. The lowest BCUT2D eigenvalue weighted by atomic mass is 10.1. The Labute approximate surface area is 173 Å². The quantitative estimate of drug-likeness (QED) is 0.611. The number of fused-ring (bicyclic) bond motifs is 1. The van der Waals surface area contributed by atoms with E-state index < -0.39 is 0 Å². The molecule has 1 aromatic heterocycles. The largest absolute Gasteiger partial charge is 0.388 e. The predicted molar refractivity (Wildman–Crippen MR) is 121 cm³/mol. The van der Waals surface area contributed by atoms with Crippen molar-refractivity contribution in [3.8, 4) is 0 Å². The van der Waals surface area contributed by atoms with E-state index in [1.54, 1.807) is 14.2 Å². The maximum atomic E-state index is 4.25. The number of thiophene rings is 1. The third-order valence-corrected chi connectivity index (χ3v) is 5.63. The van der Waals surface area contributed by atoms with E-state index in [0.717, 1.165) is 32.6 Å². The molecule has 0 N–H and O–H groups in total. The van der Waals surface area contributed by atoms with Gasteiger partial charge in [-0.15, -0.1) is 23.7 Å². The molecule has 1 aliphatic heterocycles. The van der Waals surface area contributed by atoms with E-state index in [-0.39, 0.29) is 12.4 Å². The highest BCUT2D eigenvalue weighted by atomic mass is 35.5. The summed E-state index contributed by atoms with van der Waals surface area (Å²) in [6.07, 6.45) is 1.15. The van der Waals surface area contributed by atoms with Gasteiger partial charge in [0.05, 0.1) is 0 Å². The standard InChI is InChI=1S/C20H22N2S.C2H6O.ClH/c1-2-5-17(6-3-1)9-11-21-12-14-22(15-13-21)19-7-4-8-20-18(19)10-16-23-20;1-3-2;/h1-8,10,16H,9,11-15H2;1-2H3;1H. The third kappa shape index (κ3) is 5.94. The number of halogens is 1. The van der Waals surface area contributed by atoms with Crippen LogP contribution in [-0.4, -0.2) is 51.8 Å². The SMILES string of the molecule is COC.Cl.c1ccc(CCN2CCN(c3cccc4sccc34)CC2)cc1. The maximum absolute atomic E-state index is 4.25. The Bertz CT molecular complexity index is 785. The molecular weight excluding hydrogens is 376 g/mol. The molecule has 0 aliphatic carbocycles. The minimum atomic E-state index is 0. The average Bonchev–Trinajstić information content (AvgIpc) is 3.17. The molecule has 0 spiro atoms. The molecule has 0 atom stereocenters. The van der Waals surface area contributed by atoms with Crippen molar-refractivity contribution in [3.05, 3.63) is 65.5 Å². The van der Waals surface area contributed by atoms with Crippen molar-refractivity contribution in [2.24, 2.45) is 0 Å². The molecule has 0 bridgehead atoms. The van der Waals surface area contributed by atoms with Crippen LogP contribution < -0.4 is 4.90 Å². The number of anilines is 1. The number of methoxy groups -OCH3 is 1. The third-order valence-electron chi connectivity index (χ3n) is 4.75. The lowest BCUT2D eigenvalue weighted by Gasteiger charge is -2.36. The van der Waals surface area contributed by atoms with Gasteiger partial charge in [-0.3, -0.25) is 4.90 Å². The fraction of sp³-hybridized carbons (Fsp3) is 0.364. The molecule has 0 radical (unpaired) electrons. The van der Waals surface area contributed by atoms with Gasteiger partial charge in [0.15, 0.2) is 0 Å². The first kappa shape index (κ1) is 21.7. The van der Waals surface area contributed by atoms with Crippen LogP contribution in [0.2, 0.25) is 0 Å². The minimum absolute atomic E-state index is 0. The first-order valence-corrected chi connectivity index (χ1v) is 10.1. The zero-order valence-electron chi connectivity index (χ0n) is 16.1. The summed E-state index contributed by atoms with van der Waals surface area (Å²) in [5.41, 5.74) is 2.85. The molecular formula is C22H29ClN2OS. The Kier molecular flexibility index (Phi) is 9.08. The van der Waals surface area contributed by atoms with Crippen LogP contribution in [-0.2, 0) is 11.2 Å². The van der Waals surface area contributed by atoms with Crippen molar-refractivity contribution >= 4 is 39.5 Å². The van der Waals surface area contributed by atoms with E-state index >= 15 is 0 Å². The fourth-order valence-electron chi connectivity index (χ4n) is 3.40. The molecule has 0 amide bonds. The first-order chi connectivity index (χ1) is 12.8. The Morgan fingerprint density at radius 1 is 0.889 bits per heavy atom. The van der Waals surface area contributed by atoms with Crippen molar-refractivity contribution in [3.63, 3.8) is 0 Å². The Balaban J connectivity index is 0.000000614. The van der Waals surface area contributed by atoms with Gasteiger partial charge < -0.3 is 9.64 Å². The van der Waals surface area contributed by atoms with E-state index in [4.69, 9.17) is 0 Å². The van der Waals surface area contributed by atoms with Crippen LogP contribution in [0, 0.1) is 0 Å². The summed E-state index contributed by atoms with van der Waals surface area (Å²) in [6.45, 7) is 5.74. The van der Waals surface area contributed by atoms with Crippen LogP contribution in [0.3, 0.4) is 0 Å². The van der Waals surface area contributed by atoms with Gasteiger partial charge in [0.2, 0.25) is 0 Å². The molecule has 1 saturated heterocycles. The van der Waals surface area contributed by atoms with E-state index in [1.807, 2.05) is 11.3 Å². The van der Waals surface area contributed by atoms with Crippen molar-refractivity contribution in [1.29, 1.82) is 0 Å². The molecule has 0 unspecified atom stereocenters. The van der Waals surface area contributed by atoms with Gasteiger partial charge >= 0.3 is 0 Å². The van der Waals surface area contributed by atoms with Crippen LogP contribution >= 0.6 is 23.7 Å². The summed E-state index contributed by atoms with van der Waals surface area (Å²) < 4.78 is 5.65. The Morgan fingerprint density at radius 2 is 1.59 bits per heavy atom. The van der Waals surface area contributed by atoms with Crippen LogP contribution in [0.5, 0.6) is 0 Å². The van der Waals surface area contributed by atoms with E-state index in [2.05, 4.69) is 74.5 Å². The molecule has 1 fully saturated rings. The molecule has 146 valence electrons. The first-order valence-electron chi connectivity index (χ1n) is 9.19. The zero-order chi connectivity index (χ0) is 18.2. The number of rotatable bonds is 4. The van der Waals surface area contributed by atoms with E-state index in [1.165, 1.54) is 27.9 Å². The molecule has 1 aliphatic rings. The monoisotopic (exact) mass is 404 g/mol. The average molecular weight is 405 g/mol. The summed E-state index contributed by atoms with van der Waals surface area (Å²) in [5, 5.41) is 3.61. The summed E-state index contributed by atoms with van der Waals surface area (Å²) in [4.78, 5) is 5.14. The molecule has 4 rings (SSSR count). The highest BCUT2D eigenvalue weighted by Gasteiger charge is 2.18. The molecule has 2 aromatic carbocycles.